The third-order valence-corrected chi connectivity index (χ3v) is 5.59. The van der Waals surface area contributed by atoms with Crippen LogP contribution in [0.25, 0.3) is 5.65 Å². The van der Waals surface area contributed by atoms with Crippen LogP contribution in [0.3, 0.4) is 0 Å². The Morgan fingerprint density at radius 3 is 2.65 bits per heavy atom. The summed E-state index contributed by atoms with van der Waals surface area (Å²) in [5, 5.41) is 0. The molecule has 7 heteroatoms. The molecule has 0 spiro atoms. The maximum Gasteiger partial charge on any atom is 0.258 e. The highest BCUT2D eigenvalue weighted by molar-refractivity contribution is 5.45. The van der Waals surface area contributed by atoms with E-state index in [0.717, 1.165) is 11.5 Å². The summed E-state index contributed by atoms with van der Waals surface area (Å²) >= 11 is 0. The molecule has 0 saturated heterocycles. The zero-order valence-electron chi connectivity index (χ0n) is 16.6. The van der Waals surface area contributed by atoms with Crippen LogP contribution in [0.1, 0.15) is 36.0 Å². The van der Waals surface area contributed by atoms with E-state index in [1.807, 2.05) is 0 Å². The smallest absolute Gasteiger partial charge is 0.258 e. The Morgan fingerprint density at radius 1 is 0.968 bits per heavy atom. The molecule has 0 N–H and O–H groups in total. The highest BCUT2D eigenvalue weighted by Gasteiger charge is 2.26. The maximum atomic E-state index is 12.0. The third kappa shape index (κ3) is 3.48. The van der Waals surface area contributed by atoms with Gasteiger partial charge >= 0.3 is 0 Å². The van der Waals surface area contributed by atoms with Gasteiger partial charge in [0, 0.05) is 18.3 Å². The fourth-order valence-electron chi connectivity index (χ4n) is 3.77. The number of pyridine rings is 2. The fourth-order valence-corrected chi connectivity index (χ4v) is 3.77. The summed E-state index contributed by atoms with van der Waals surface area (Å²) < 4.78 is 19.3. The van der Waals surface area contributed by atoms with Crippen molar-refractivity contribution >= 4 is 5.65 Å². The summed E-state index contributed by atoms with van der Waals surface area (Å²) in [7, 11) is 0. The van der Waals surface area contributed by atoms with E-state index in [9.17, 15) is 4.79 Å². The van der Waals surface area contributed by atoms with E-state index >= 15 is 0 Å². The van der Waals surface area contributed by atoms with Crippen LogP contribution in [-0.4, -0.2) is 21.0 Å². The van der Waals surface area contributed by atoms with Crippen molar-refractivity contribution in [2.45, 2.75) is 24.9 Å². The molecule has 1 atom stereocenters. The number of fused-ring (bicyclic) bond motifs is 2. The van der Waals surface area contributed by atoms with Crippen molar-refractivity contribution in [3.05, 3.63) is 88.6 Å². The first-order valence-electron chi connectivity index (χ1n) is 10.3. The molecule has 1 aromatic carbocycles. The maximum absolute atomic E-state index is 12.0. The molecular weight excluding hydrogens is 394 g/mol. The van der Waals surface area contributed by atoms with Gasteiger partial charge in [0.1, 0.15) is 23.8 Å². The number of ether oxygens (including phenoxy) is 3. The fraction of sp³-hybridized carbons (Fsp3) is 0.208. The lowest BCUT2D eigenvalue weighted by Gasteiger charge is -2.26. The van der Waals surface area contributed by atoms with Gasteiger partial charge in [0.25, 0.3) is 11.4 Å². The highest BCUT2D eigenvalue weighted by Crippen LogP contribution is 2.41. The minimum absolute atomic E-state index is 0.174. The molecule has 6 rings (SSSR count). The van der Waals surface area contributed by atoms with Gasteiger partial charge < -0.3 is 14.2 Å². The summed E-state index contributed by atoms with van der Waals surface area (Å²) in [6.45, 7) is 0.401. The van der Waals surface area contributed by atoms with E-state index in [0.29, 0.717) is 35.4 Å². The zero-order chi connectivity index (χ0) is 20.8. The highest BCUT2D eigenvalue weighted by atomic mass is 16.6. The number of benzene rings is 1. The van der Waals surface area contributed by atoms with E-state index in [1.54, 1.807) is 30.6 Å². The van der Waals surface area contributed by atoms with Crippen LogP contribution in [0.2, 0.25) is 0 Å². The topological polar surface area (TPSA) is 75.0 Å². The molecule has 7 nitrogen and oxygen atoms in total. The Bertz CT molecular complexity index is 1330. The predicted molar refractivity (Wildman–Crippen MR) is 113 cm³/mol. The molecule has 1 saturated carbocycles. The molecule has 31 heavy (non-hydrogen) atoms. The SMILES string of the molecule is O=c1ccnc2ccc(Oc3cnc4c(c3)OC[C@@H](c3ccc(C5CC5)cc3)O4)cn12. The van der Waals surface area contributed by atoms with Crippen molar-refractivity contribution < 1.29 is 14.2 Å². The van der Waals surface area contributed by atoms with Gasteiger partial charge in [-0.05, 0) is 42.0 Å². The van der Waals surface area contributed by atoms with Gasteiger partial charge in [0.2, 0.25) is 0 Å². The molecule has 4 aromatic rings. The second kappa shape index (κ2) is 7.12. The van der Waals surface area contributed by atoms with E-state index < -0.39 is 0 Å². The molecule has 2 aliphatic rings. The molecule has 3 aromatic heterocycles. The van der Waals surface area contributed by atoms with E-state index in [1.165, 1.54) is 35.1 Å². The van der Waals surface area contributed by atoms with Crippen LogP contribution in [0, 0.1) is 0 Å². The Hall–Kier alpha value is -3.87. The molecule has 1 aliphatic heterocycles. The predicted octanol–water partition coefficient (Wildman–Crippen LogP) is 4.27. The normalized spacial score (nSPS) is 17.5. The first-order chi connectivity index (χ1) is 15.2. The Labute approximate surface area is 177 Å². The first-order valence-corrected chi connectivity index (χ1v) is 10.3. The monoisotopic (exact) mass is 413 g/mol. The van der Waals surface area contributed by atoms with E-state index in [-0.39, 0.29) is 11.7 Å². The zero-order valence-corrected chi connectivity index (χ0v) is 16.6. The summed E-state index contributed by atoms with van der Waals surface area (Å²) in [6.07, 6.45) is 7.05. The van der Waals surface area contributed by atoms with Crippen LogP contribution < -0.4 is 19.8 Å². The van der Waals surface area contributed by atoms with Gasteiger partial charge in [-0.15, -0.1) is 0 Å². The number of hydrogen-bond acceptors (Lipinski definition) is 6. The third-order valence-electron chi connectivity index (χ3n) is 5.59. The van der Waals surface area contributed by atoms with Gasteiger partial charge in [0.15, 0.2) is 11.9 Å². The minimum Gasteiger partial charge on any atom is -0.484 e. The molecule has 0 radical (unpaired) electrons. The quantitative estimate of drug-likeness (QED) is 0.497. The Morgan fingerprint density at radius 2 is 1.81 bits per heavy atom. The lowest BCUT2D eigenvalue weighted by molar-refractivity contribution is 0.0847. The summed E-state index contributed by atoms with van der Waals surface area (Å²) in [4.78, 5) is 20.5. The lowest BCUT2D eigenvalue weighted by atomic mass is 10.0. The molecule has 0 amide bonds. The molecular formula is C24H19N3O4. The second-order valence-corrected chi connectivity index (χ2v) is 7.81. The average Bonchev–Trinajstić information content (AvgIpc) is 3.65. The van der Waals surface area contributed by atoms with Crippen molar-refractivity contribution in [3.8, 4) is 23.1 Å². The molecule has 154 valence electrons. The van der Waals surface area contributed by atoms with Crippen molar-refractivity contribution in [1.29, 1.82) is 0 Å². The van der Waals surface area contributed by atoms with Gasteiger partial charge in [-0.2, -0.15) is 0 Å². The van der Waals surface area contributed by atoms with Crippen LogP contribution >= 0.6 is 0 Å². The average molecular weight is 413 g/mol. The van der Waals surface area contributed by atoms with Crippen LogP contribution in [0.5, 0.6) is 23.1 Å². The van der Waals surface area contributed by atoms with Crippen molar-refractivity contribution in [3.63, 3.8) is 0 Å². The van der Waals surface area contributed by atoms with Gasteiger partial charge in [-0.25, -0.2) is 9.97 Å². The molecule has 0 unspecified atom stereocenters. The second-order valence-electron chi connectivity index (χ2n) is 7.81. The van der Waals surface area contributed by atoms with Gasteiger partial charge in [-0.3, -0.25) is 9.20 Å². The largest absolute Gasteiger partial charge is 0.484 e. The van der Waals surface area contributed by atoms with Gasteiger partial charge in [-0.1, -0.05) is 24.3 Å². The molecule has 0 bridgehead atoms. The first kappa shape index (κ1) is 17.9. The van der Waals surface area contributed by atoms with E-state index in [2.05, 4.69) is 34.2 Å². The van der Waals surface area contributed by atoms with Crippen LogP contribution in [-0.2, 0) is 0 Å². The van der Waals surface area contributed by atoms with Crippen LogP contribution in [0.15, 0.2) is 71.9 Å². The molecule has 1 fully saturated rings. The Kier molecular flexibility index (Phi) is 4.12. The number of aromatic nitrogens is 3. The van der Waals surface area contributed by atoms with Crippen molar-refractivity contribution in [1.82, 2.24) is 14.4 Å². The molecule has 1 aliphatic carbocycles. The van der Waals surface area contributed by atoms with Crippen molar-refractivity contribution in [2.75, 3.05) is 6.61 Å². The minimum atomic E-state index is -0.195. The number of nitrogens with zero attached hydrogens (tertiary/aromatic N) is 3. The van der Waals surface area contributed by atoms with Crippen molar-refractivity contribution in [2.24, 2.45) is 0 Å². The Balaban J connectivity index is 1.20. The summed E-state index contributed by atoms with van der Waals surface area (Å²) in [5.41, 5.74) is 2.85. The van der Waals surface area contributed by atoms with Crippen LogP contribution in [0.4, 0.5) is 0 Å². The molecule has 4 heterocycles. The van der Waals surface area contributed by atoms with Gasteiger partial charge in [0.05, 0.1) is 12.4 Å². The standard InChI is InChI=1S/C24H19N3O4/c28-23-9-10-25-22-8-7-18(13-27(22)23)30-19-11-20-24(26-12-19)31-21(14-29-20)17-5-3-16(4-6-17)15-1-2-15/h3-13,15,21H,1-2,14H2/t21-/m0/s1. The lowest BCUT2D eigenvalue weighted by Crippen LogP contribution is -2.22. The number of rotatable bonds is 4. The number of hydrogen-bond donors (Lipinski definition) is 0. The summed E-state index contributed by atoms with van der Waals surface area (Å²) in [5.74, 6) is 2.69. The van der Waals surface area contributed by atoms with E-state index in [4.69, 9.17) is 14.2 Å². The summed E-state index contributed by atoms with van der Waals surface area (Å²) in [6, 6.07) is 15.2.